The van der Waals surface area contributed by atoms with Crippen molar-refractivity contribution in [3.63, 3.8) is 0 Å². The molecule has 1 amide bonds. The Balaban J connectivity index is 1.73. The van der Waals surface area contributed by atoms with E-state index in [2.05, 4.69) is 10.3 Å². The highest BCUT2D eigenvalue weighted by atomic mass is 19.4. The molecule has 0 unspecified atom stereocenters. The van der Waals surface area contributed by atoms with Crippen LogP contribution in [0.1, 0.15) is 16.1 Å². The molecular weight excluding hydrogens is 355 g/mol. The Morgan fingerprint density at radius 2 is 1.70 bits per heavy atom. The van der Waals surface area contributed by atoms with Crippen molar-refractivity contribution in [1.82, 2.24) is 4.98 Å². The summed E-state index contributed by atoms with van der Waals surface area (Å²) in [7, 11) is 1.87. The van der Waals surface area contributed by atoms with E-state index in [1.165, 1.54) is 24.4 Å². The van der Waals surface area contributed by atoms with Gasteiger partial charge in [0.1, 0.15) is 5.69 Å². The van der Waals surface area contributed by atoms with Gasteiger partial charge in [-0.3, -0.25) is 4.79 Å². The van der Waals surface area contributed by atoms with Gasteiger partial charge in [-0.25, -0.2) is 4.98 Å². The summed E-state index contributed by atoms with van der Waals surface area (Å²) < 4.78 is 38.3. The van der Waals surface area contributed by atoms with E-state index < -0.39 is 17.6 Å². The van der Waals surface area contributed by atoms with E-state index in [4.69, 9.17) is 0 Å². The smallest absolute Gasteiger partial charge is 0.343 e. The molecule has 1 aromatic heterocycles. The normalized spacial score (nSPS) is 11.1. The molecule has 1 heterocycles. The predicted octanol–water partition coefficient (Wildman–Crippen LogP) is 5.12. The van der Waals surface area contributed by atoms with Crippen LogP contribution in [-0.2, 0) is 6.18 Å². The number of nitrogens with zero attached hydrogens (tertiary/aromatic N) is 2. The van der Waals surface area contributed by atoms with Crippen LogP contribution in [0.15, 0.2) is 72.9 Å². The number of alkyl halides is 3. The fraction of sp³-hybridized carbons (Fsp3) is 0.100. The number of nitrogens with one attached hydrogen (secondary N) is 1. The zero-order valence-electron chi connectivity index (χ0n) is 14.4. The lowest BCUT2D eigenvalue weighted by Crippen LogP contribution is -2.15. The van der Waals surface area contributed by atoms with Crippen LogP contribution in [0.2, 0.25) is 0 Å². The fourth-order valence-electron chi connectivity index (χ4n) is 2.49. The summed E-state index contributed by atoms with van der Waals surface area (Å²) in [6.45, 7) is 0. The second-order valence-corrected chi connectivity index (χ2v) is 5.83. The van der Waals surface area contributed by atoms with Crippen LogP contribution in [0.4, 0.5) is 30.2 Å². The van der Waals surface area contributed by atoms with Gasteiger partial charge in [0.15, 0.2) is 0 Å². The van der Waals surface area contributed by atoms with Gasteiger partial charge in [0.25, 0.3) is 5.91 Å². The fourth-order valence-corrected chi connectivity index (χ4v) is 2.49. The van der Waals surface area contributed by atoms with Crippen LogP contribution in [0, 0.1) is 0 Å². The SMILES string of the molecule is CN(c1ccccc1)c1ccc(C(=O)Nc2cccc(C(F)(F)F)c2)nc1. The van der Waals surface area contributed by atoms with E-state index in [-0.39, 0.29) is 11.4 Å². The largest absolute Gasteiger partial charge is 0.416 e. The number of aromatic nitrogens is 1. The highest BCUT2D eigenvalue weighted by Gasteiger charge is 2.30. The number of carbonyl (C=O) groups excluding carboxylic acids is 1. The zero-order chi connectivity index (χ0) is 19.4. The maximum atomic E-state index is 12.8. The Labute approximate surface area is 154 Å². The molecule has 0 aliphatic rings. The van der Waals surface area contributed by atoms with E-state index in [1.807, 2.05) is 42.3 Å². The van der Waals surface area contributed by atoms with E-state index in [9.17, 15) is 18.0 Å². The lowest BCUT2D eigenvalue weighted by Gasteiger charge is -2.19. The van der Waals surface area contributed by atoms with Crippen molar-refractivity contribution in [2.75, 3.05) is 17.3 Å². The van der Waals surface area contributed by atoms with Crippen LogP contribution >= 0.6 is 0 Å². The lowest BCUT2D eigenvalue weighted by atomic mass is 10.2. The molecule has 2 aromatic carbocycles. The molecule has 138 valence electrons. The van der Waals surface area contributed by atoms with Crippen LogP contribution in [0.5, 0.6) is 0 Å². The summed E-state index contributed by atoms with van der Waals surface area (Å²) in [4.78, 5) is 18.3. The Morgan fingerprint density at radius 1 is 0.963 bits per heavy atom. The Bertz CT molecular complexity index is 925. The Hall–Kier alpha value is -3.35. The van der Waals surface area contributed by atoms with Gasteiger partial charge in [-0.15, -0.1) is 0 Å². The highest BCUT2D eigenvalue weighted by Crippen LogP contribution is 2.30. The third kappa shape index (κ3) is 4.44. The first-order valence-electron chi connectivity index (χ1n) is 8.08. The summed E-state index contributed by atoms with van der Waals surface area (Å²) in [5, 5.41) is 2.44. The monoisotopic (exact) mass is 371 g/mol. The number of halogens is 3. The maximum Gasteiger partial charge on any atom is 0.416 e. The van der Waals surface area contributed by atoms with Crippen molar-refractivity contribution in [3.05, 3.63) is 84.2 Å². The molecule has 0 aliphatic carbocycles. The summed E-state index contributed by atoms with van der Waals surface area (Å²) in [5.41, 5.74) is 1.07. The molecule has 3 aromatic rings. The van der Waals surface area contributed by atoms with Gasteiger partial charge in [-0.2, -0.15) is 13.2 Å². The van der Waals surface area contributed by atoms with Gasteiger partial charge in [-0.1, -0.05) is 24.3 Å². The Morgan fingerprint density at radius 3 is 2.33 bits per heavy atom. The highest BCUT2D eigenvalue weighted by molar-refractivity contribution is 6.03. The van der Waals surface area contributed by atoms with Crippen molar-refractivity contribution in [1.29, 1.82) is 0 Å². The number of benzene rings is 2. The summed E-state index contributed by atoms with van der Waals surface area (Å²) in [6, 6.07) is 17.3. The molecule has 4 nitrogen and oxygen atoms in total. The Kier molecular flexibility index (Phi) is 5.12. The van der Waals surface area contributed by atoms with E-state index in [1.54, 1.807) is 6.07 Å². The van der Waals surface area contributed by atoms with Crippen molar-refractivity contribution in [3.8, 4) is 0 Å². The van der Waals surface area contributed by atoms with E-state index in [0.29, 0.717) is 0 Å². The average molecular weight is 371 g/mol. The number of hydrogen-bond acceptors (Lipinski definition) is 3. The topological polar surface area (TPSA) is 45.2 Å². The third-order valence-corrected chi connectivity index (χ3v) is 3.96. The first-order chi connectivity index (χ1) is 12.8. The molecule has 0 saturated carbocycles. The minimum absolute atomic E-state index is 0.0575. The minimum Gasteiger partial charge on any atom is -0.343 e. The molecule has 0 aliphatic heterocycles. The maximum absolute atomic E-state index is 12.8. The zero-order valence-corrected chi connectivity index (χ0v) is 14.4. The number of amides is 1. The molecule has 1 N–H and O–H groups in total. The number of carbonyl (C=O) groups is 1. The third-order valence-electron chi connectivity index (χ3n) is 3.96. The number of rotatable bonds is 4. The van der Waals surface area contributed by atoms with Crippen LogP contribution in [0.25, 0.3) is 0 Å². The number of anilines is 3. The van der Waals surface area contributed by atoms with Crippen molar-refractivity contribution in [2.45, 2.75) is 6.18 Å². The molecule has 0 atom stereocenters. The summed E-state index contributed by atoms with van der Waals surface area (Å²) in [5.74, 6) is -0.580. The van der Waals surface area contributed by atoms with Gasteiger partial charge >= 0.3 is 6.18 Å². The molecule has 0 fully saturated rings. The summed E-state index contributed by atoms with van der Waals surface area (Å²) >= 11 is 0. The summed E-state index contributed by atoms with van der Waals surface area (Å²) in [6.07, 6.45) is -2.93. The quantitative estimate of drug-likeness (QED) is 0.692. The minimum atomic E-state index is -4.47. The van der Waals surface area contributed by atoms with Crippen LogP contribution < -0.4 is 10.2 Å². The lowest BCUT2D eigenvalue weighted by molar-refractivity contribution is -0.137. The van der Waals surface area contributed by atoms with E-state index >= 15 is 0 Å². The van der Waals surface area contributed by atoms with Crippen molar-refractivity contribution >= 4 is 23.0 Å². The van der Waals surface area contributed by atoms with Gasteiger partial charge in [0.2, 0.25) is 0 Å². The molecule has 0 bridgehead atoms. The average Bonchev–Trinajstić information content (AvgIpc) is 2.68. The van der Waals surface area contributed by atoms with Gasteiger partial charge in [-0.05, 0) is 42.5 Å². The van der Waals surface area contributed by atoms with Crippen LogP contribution in [0.3, 0.4) is 0 Å². The van der Waals surface area contributed by atoms with Crippen molar-refractivity contribution in [2.24, 2.45) is 0 Å². The molecule has 27 heavy (non-hydrogen) atoms. The van der Waals surface area contributed by atoms with Gasteiger partial charge < -0.3 is 10.2 Å². The number of pyridine rings is 1. The predicted molar refractivity (Wildman–Crippen MR) is 98.1 cm³/mol. The first-order valence-corrected chi connectivity index (χ1v) is 8.08. The van der Waals surface area contributed by atoms with Gasteiger partial charge in [0, 0.05) is 18.4 Å². The number of para-hydroxylation sites is 1. The molecule has 3 rings (SSSR count). The van der Waals surface area contributed by atoms with E-state index in [0.717, 1.165) is 23.5 Å². The van der Waals surface area contributed by atoms with Gasteiger partial charge in [0.05, 0.1) is 17.4 Å². The first kappa shape index (κ1) is 18.4. The molecule has 0 spiro atoms. The van der Waals surface area contributed by atoms with Crippen molar-refractivity contribution < 1.29 is 18.0 Å². The van der Waals surface area contributed by atoms with Crippen LogP contribution in [-0.4, -0.2) is 17.9 Å². The molecule has 0 radical (unpaired) electrons. The second kappa shape index (κ2) is 7.49. The molecular formula is C20H16F3N3O. The second-order valence-electron chi connectivity index (χ2n) is 5.83. The molecule has 0 saturated heterocycles. The molecule has 7 heteroatoms. The number of hydrogen-bond donors (Lipinski definition) is 1. The standard InChI is InChI=1S/C20H16F3N3O/c1-26(16-8-3-2-4-9-16)17-10-11-18(24-13-17)19(27)25-15-7-5-6-14(12-15)20(21,22)23/h2-13H,1H3,(H,25,27).